The summed E-state index contributed by atoms with van der Waals surface area (Å²) in [4.78, 5) is 14.9. The van der Waals surface area contributed by atoms with Gasteiger partial charge >= 0.3 is 5.97 Å². The topological polar surface area (TPSA) is 90.7 Å². The highest BCUT2D eigenvalue weighted by molar-refractivity contribution is 5.68. The maximum Gasteiger partial charge on any atom is 0.305 e. The van der Waals surface area contributed by atoms with Crippen LogP contribution in [0.1, 0.15) is 30.5 Å². The molecule has 0 amide bonds. The van der Waals surface area contributed by atoms with Crippen molar-refractivity contribution >= 4 is 5.97 Å². The molecular weight excluding hydrogens is 306 g/mol. The molecule has 2 atom stereocenters. The highest BCUT2D eigenvalue weighted by Crippen LogP contribution is 2.26. The molecule has 0 saturated heterocycles. The number of aliphatic hydroxyl groups excluding tert-OH is 2. The Kier molecular flexibility index (Phi) is 6.46. The first-order valence-electron chi connectivity index (χ1n) is 8.05. The molecule has 128 valence electrons. The second kappa shape index (κ2) is 8.57. The maximum atomic E-state index is 10.6. The second-order valence-electron chi connectivity index (χ2n) is 5.97. The van der Waals surface area contributed by atoms with Crippen LogP contribution in [0.4, 0.5) is 0 Å². The standard InChI is InChI=1S/C19H23NO4/c1-13-17(8-7-15(21)11-16(22)12-19(23)24)18(9-10-20-13)14-5-3-2-4-6-14/h2-6,9-10,15-16,21-22H,7-8,11-12H2,1H3,(H,23,24)/t15-,16-/m1/s1. The average molecular weight is 329 g/mol. The van der Waals surface area contributed by atoms with E-state index in [2.05, 4.69) is 4.98 Å². The molecule has 1 aromatic carbocycles. The van der Waals surface area contributed by atoms with Crippen molar-refractivity contribution in [2.45, 2.75) is 44.8 Å². The van der Waals surface area contributed by atoms with Crippen LogP contribution in [0.3, 0.4) is 0 Å². The van der Waals surface area contributed by atoms with E-state index in [0.29, 0.717) is 12.8 Å². The number of carboxylic acid groups (broad SMARTS) is 1. The summed E-state index contributed by atoms with van der Waals surface area (Å²) >= 11 is 0. The molecule has 3 N–H and O–H groups in total. The lowest BCUT2D eigenvalue weighted by Gasteiger charge is -2.16. The van der Waals surface area contributed by atoms with Crippen LogP contribution in [0, 0.1) is 6.92 Å². The molecule has 0 radical (unpaired) electrons. The van der Waals surface area contributed by atoms with Crippen LogP contribution in [-0.2, 0) is 11.2 Å². The number of rotatable bonds is 8. The van der Waals surface area contributed by atoms with Crippen LogP contribution in [0.25, 0.3) is 11.1 Å². The number of carboxylic acids is 1. The van der Waals surface area contributed by atoms with Gasteiger partial charge in [-0.25, -0.2) is 0 Å². The summed E-state index contributed by atoms with van der Waals surface area (Å²) in [6.45, 7) is 1.94. The van der Waals surface area contributed by atoms with Gasteiger partial charge in [-0.05, 0) is 48.9 Å². The zero-order valence-electron chi connectivity index (χ0n) is 13.7. The third-order valence-corrected chi connectivity index (χ3v) is 4.04. The van der Waals surface area contributed by atoms with Gasteiger partial charge in [-0.3, -0.25) is 9.78 Å². The van der Waals surface area contributed by atoms with E-state index in [1.165, 1.54) is 0 Å². The smallest absolute Gasteiger partial charge is 0.305 e. The molecule has 1 aromatic heterocycles. The Bertz CT molecular complexity index is 672. The predicted octanol–water partition coefficient (Wildman–Crippen LogP) is 2.58. The Labute approximate surface area is 141 Å². The van der Waals surface area contributed by atoms with Crippen molar-refractivity contribution in [3.8, 4) is 11.1 Å². The first kappa shape index (κ1) is 18.1. The molecule has 0 saturated carbocycles. The fourth-order valence-corrected chi connectivity index (χ4v) is 2.83. The molecule has 0 aliphatic rings. The van der Waals surface area contributed by atoms with Crippen molar-refractivity contribution in [1.29, 1.82) is 0 Å². The van der Waals surface area contributed by atoms with Gasteiger partial charge in [0.1, 0.15) is 0 Å². The van der Waals surface area contributed by atoms with Gasteiger partial charge in [-0.2, -0.15) is 0 Å². The van der Waals surface area contributed by atoms with Crippen LogP contribution in [-0.4, -0.2) is 38.5 Å². The fourth-order valence-electron chi connectivity index (χ4n) is 2.83. The number of benzene rings is 1. The van der Waals surface area contributed by atoms with E-state index in [4.69, 9.17) is 5.11 Å². The number of pyridine rings is 1. The van der Waals surface area contributed by atoms with Crippen molar-refractivity contribution in [2.24, 2.45) is 0 Å². The van der Waals surface area contributed by atoms with Crippen molar-refractivity contribution < 1.29 is 20.1 Å². The minimum Gasteiger partial charge on any atom is -0.481 e. The number of aliphatic carboxylic acids is 1. The van der Waals surface area contributed by atoms with Crippen LogP contribution in [0.5, 0.6) is 0 Å². The second-order valence-corrected chi connectivity index (χ2v) is 5.97. The summed E-state index contributed by atoms with van der Waals surface area (Å²) in [5.41, 5.74) is 4.16. The molecule has 24 heavy (non-hydrogen) atoms. The molecule has 2 rings (SSSR count). The first-order chi connectivity index (χ1) is 11.5. The molecule has 1 heterocycles. The number of aryl methyl sites for hydroxylation is 1. The monoisotopic (exact) mass is 329 g/mol. The molecule has 0 aliphatic carbocycles. The van der Waals surface area contributed by atoms with Crippen molar-refractivity contribution in [3.63, 3.8) is 0 Å². The molecule has 0 spiro atoms. The summed E-state index contributed by atoms with van der Waals surface area (Å²) in [6.07, 6.45) is 0.774. The number of carbonyl (C=O) groups is 1. The van der Waals surface area contributed by atoms with E-state index in [9.17, 15) is 15.0 Å². The van der Waals surface area contributed by atoms with E-state index >= 15 is 0 Å². The van der Waals surface area contributed by atoms with E-state index in [0.717, 1.165) is 22.4 Å². The predicted molar refractivity (Wildman–Crippen MR) is 91.6 cm³/mol. The summed E-state index contributed by atoms with van der Waals surface area (Å²) < 4.78 is 0. The summed E-state index contributed by atoms with van der Waals surface area (Å²) in [6, 6.07) is 11.9. The van der Waals surface area contributed by atoms with Gasteiger partial charge in [-0.15, -0.1) is 0 Å². The number of hydrogen-bond acceptors (Lipinski definition) is 4. The summed E-state index contributed by atoms with van der Waals surface area (Å²) in [5.74, 6) is -1.07. The fraction of sp³-hybridized carbons (Fsp3) is 0.368. The number of nitrogens with zero attached hydrogens (tertiary/aromatic N) is 1. The quantitative estimate of drug-likeness (QED) is 0.692. The Hall–Kier alpha value is -2.24. The highest BCUT2D eigenvalue weighted by Gasteiger charge is 2.16. The first-order valence-corrected chi connectivity index (χ1v) is 8.05. The molecule has 2 aromatic rings. The van der Waals surface area contributed by atoms with Crippen molar-refractivity contribution in [2.75, 3.05) is 0 Å². The number of hydrogen-bond donors (Lipinski definition) is 3. The SMILES string of the molecule is Cc1nccc(-c2ccccc2)c1CC[C@@H](O)C[C@@H](O)CC(=O)O. The zero-order valence-corrected chi connectivity index (χ0v) is 13.7. The molecule has 0 fully saturated rings. The minimum atomic E-state index is -1.07. The molecule has 5 nitrogen and oxygen atoms in total. The van der Waals surface area contributed by atoms with Crippen LogP contribution >= 0.6 is 0 Å². The largest absolute Gasteiger partial charge is 0.481 e. The molecule has 5 heteroatoms. The minimum absolute atomic E-state index is 0.0618. The third-order valence-electron chi connectivity index (χ3n) is 4.04. The Morgan fingerprint density at radius 1 is 1.12 bits per heavy atom. The third kappa shape index (κ3) is 5.15. The average Bonchev–Trinajstić information content (AvgIpc) is 2.53. The van der Waals surface area contributed by atoms with Crippen LogP contribution in [0.15, 0.2) is 42.6 Å². The van der Waals surface area contributed by atoms with Crippen molar-refractivity contribution in [1.82, 2.24) is 4.98 Å². The van der Waals surface area contributed by atoms with Gasteiger partial charge < -0.3 is 15.3 Å². The maximum absolute atomic E-state index is 10.6. The lowest BCUT2D eigenvalue weighted by molar-refractivity contribution is -0.139. The van der Waals surface area contributed by atoms with E-state index in [1.807, 2.05) is 43.3 Å². The zero-order chi connectivity index (χ0) is 17.5. The van der Waals surface area contributed by atoms with Gasteiger partial charge in [-0.1, -0.05) is 30.3 Å². The van der Waals surface area contributed by atoms with Gasteiger partial charge in [0.2, 0.25) is 0 Å². The lowest BCUT2D eigenvalue weighted by atomic mass is 9.94. The highest BCUT2D eigenvalue weighted by atomic mass is 16.4. The van der Waals surface area contributed by atoms with E-state index < -0.39 is 18.2 Å². The summed E-state index contributed by atoms with van der Waals surface area (Å²) in [7, 11) is 0. The van der Waals surface area contributed by atoms with Gasteiger partial charge in [0.15, 0.2) is 0 Å². The van der Waals surface area contributed by atoms with Crippen LogP contribution < -0.4 is 0 Å². The van der Waals surface area contributed by atoms with Gasteiger partial charge in [0, 0.05) is 11.9 Å². The van der Waals surface area contributed by atoms with Crippen LogP contribution in [0.2, 0.25) is 0 Å². The Morgan fingerprint density at radius 2 is 1.83 bits per heavy atom. The molecule has 0 bridgehead atoms. The Morgan fingerprint density at radius 3 is 2.50 bits per heavy atom. The molecule has 0 unspecified atom stereocenters. The van der Waals surface area contributed by atoms with E-state index in [1.54, 1.807) is 6.20 Å². The molecular formula is C19H23NO4. The summed E-state index contributed by atoms with van der Waals surface area (Å²) in [5, 5.41) is 28.3. The molecule has 0 aliphatic heterocycles. The van der Waals surface area contributed by atoms with E-state index in [-0.39, 0.29) is 12.8 Å². The van der Waals surface area contributed by atoms with Gasteiger partial charge in [0.25, 0.3) is 0 Å². The normalized spacial score (nSPS) is 13.5. The van der Waals surface area contributed by atoms with Crippen molar-refractivity contribution in [3.05, 3.63) is 53.9 Å². The number of aromatic nitrogens is 1. The van der Waals surface area contributed by atoms with Gasteiger partial charge in [0.05, 0.1) is 18.6 Å². The lowest BCUT2D eigenvalue weighted by Crippen LogP contribution is -2.21. The Balaban J connectivity index is 2.06. The number of aliphatic hydroxyl groups is 2.